The van der Waals surface area contributed by atoms with Crippen molar-refractivity contribution in [3.8, 4) is 5.75 Å². The fraction of sp³-hybridized carbons (Fsp3) is 0.467. The van der Waals surface area contributed by atoms with E-state index in [-0.39, 0.29) is 31.7 Å². The molecular weight excluding hydrogens is 302 g/mol. The van der Waals surface area contributed by atoms with E-state index in [4.69, 9.17) is 9.47 Å². The Bertz CT molecular complexity index is 621. The topological polar surface area (TPSA) is 91.3 Å². The van der Waals surface area contributed by atoms with Crippen LogP contribution in [0.4, 0.5) is 16.2 Å². The van der Waals surface area contributed by atoms with Gasteiger partial charge in [-0.15, -0.1) is 0 Å². The van der Waals surface area contributed by atoms with Gasteiger partial charge in [-0.3, -0.25) is 4.79 Å². The van der Waals surface area contributed by atoms with Crippen LogP contribution in [-0.2, 0) is 9.53 Å². The molecule has 3 rings (SSSR count). The van der Waals surface area contributed by atoms with E-state index in [1.165, 1.54) is 9.80 Å². The Balaban J connectivity index is 1.70. The molecule has 0 spiro atoms. The van der Waals surface area contributed by atoms with E-state index >= 15 is 0 Å². The highest BCUT2D eigenvalue weighted by atomic mass is 16.5. The maximum absolute atomic E-state index is 12.3. The summed E-state index contributed by atoms with van der Waals surface area (Å²) in [5.41, 5.74) is 1.23. The average molecular weight is 321 g/mol. The standard InChI is InChI=1S/C15H19N3O5/c1-17-12-3-2-10(6-13(12)23-9-14(17)20)16-15(21)18-4-5-22-8-11(19)7-18/h2-3,6,11,19H,4-5,7-9H2,1H3,(H,16,21)/t11-/m0/s1. The molecule has 0 saturated carbocycles. The Labute approximate surface area is 133 Å². The molecule has 3 amide bonds. The molecule has 124 valence electrons. The Morgan fingerprint density at radius 1 is 1.43 bits per heavy atom. The summed E-state index contributed by atoms with van der Waals surface area (Å²) in [6.45, 7) is 1.25. The van der Waals surface area contributed by atoms with Gasteiger partial charge in [0.15, 0.2) is 6.61 Å². The number of nitrogens with one attached hydrogen (secondary N) is 1. The fourth-order valence-corrected chi connectivity index (χ4v) is 2.53. The predicted octanol–water partition coefficient (Wildman–Crippen LogP) is 0.267. The third kappa shape index (κ3) is 3.38. The van der Waals surface area contributed by atoms with E-state index in [0.29, 0.717) is 30.3 Å². The van der Waals surface area contributed by atoms with Crippen molar-refractivity contribution in [3.63, 3.8) is 0 Å². The van der Waals surface area contributed by atoms with E-state index in [0.717, 1.165) is 0 Å². The second-order valence-corrected chi connectivity index (χ2v) is 5.53. The van der Waals surface area contributed by atoms with Gasteiger partial charge in [0.2, 0.25) is 0 Å². The SMILES string of the molecule is CN1C(=O)COc2cc(NC(=O)N3CCOC[C@@H](O)C3)ccc21. The number of aliphatic hydroxyl groups is 1. The second kappa shape index (κ2) is 6.43. The first-order valence-electron chi connectivity index (χ1n) is 7.40. The Kier molecular flexibility index (Phi) is 4.35. The number of carbonyl (C=O) groups excluding carboxylic acids is 2. The third-order valence-corrected chi connectivity index (χ3v) is 3.83. The number of ether oxygens (including phenoxy) is 2. The van der Waals surface area contributed by atoms with Gasteiger partial charge < -0.3 is 29.7 Å². The number of urea groups is 1. The summed E-state index contributed by atoms with van der Waals surface area (Å²) in [6.07, 6.45) is -0.685. The summed E-state index contributed by atoms with van der Waals surface area (Å²) in [6, 6.07) is 4.80. The van der Waals surface area contributed by atoms with Crippen molar-refractivity contribution in [3.05, 3.63) is 18.2 Å². The van der Waals surface area contributed by atoms with Gasteiger partial charge in [0, 0.05) is 25.3 Å². The van der Waals surface area contributed by atoms with Crippen LogP contribution >= 0.6 is 0 Å². The van der Waals surface area contributed by atoms with Crippen LogP contribution in [0.2, 0.25) is 0 Å². The zero-order valence-corrected chi connectivity index (χ0v) is 12.8. The van der Waals surface area contributed by atoms with Crippen molar-refractivity contribution < 1.29 is 24.2 Å². The van der Waals surface area contributed by atoms with Crippen molar-refractivity contribution in [1.82, 2.24) is 4.90 Å². The summed E-state index contributed by atoms with van der Waals surface area (Å²) >= 11 is 0. The first kappa shape index (κ1) is 15.6. The number of hydrogen-bond acceptors (Lipinski definition) is 5. The van der Waals surface area contributed by atoms with Gasteiger partial charge in [0.05, 0.1) is 31.5 Å². The van der Waals surface area contributed by atoms with Crippen LogP contribution in [0.3, 0.4) is 0 Å². The number of hydrogen-bond donors (Lipinski definition) is 2. The molecule has 0 radical (unpaired) electrons. The maximum atomic E-state index is 12.3. The van der Waals surface area contributed by atoms with Crippen molar-refractivity contribution in [1.29, 1.82) is 0 Å². The van der Waals surface area contributed by atoms with Crippen molar-refractivity contribution in [2.75, 3.05) is 50.2 Å². The first-order valence-corrected chi connectivity index (χ1v) is 7.40. The number of benzene rings is 1. The molecule has 0 aliphatic carbocycles. The van der Waals surface area contributed by atoms with Crippen LogP contribution in [-0.4, -0.2) is 68.0 Å². The highest BCUT2D eigenvalue weighted by molar-refractivity contribution is 5.98. The zero-order valence-electron chi connectivity index (χ0n) is 12.8. The summed E-state index contributed by atoms with van der Waals surface area (Å²) < 4.78 is 10.6. The van der Waals surface area contributed by atoms with E-state index in [1.54, 1.807) is 25.2 Å². The van der Waals surface area contributed by atoms with Gasteiger partial charge in [0.25, 0.3) is 5.91 Å². The maximum Gasteiger partial charge on any atom is 0.322 e. The molecular formula is C15H19N3O5. The van der Waals surface area contributed by atoms with Crippen molar-refractivity contribution >= 4 is 23.3 Å². The highest BCUT2D eigenvalue weighted by Crippen LogP contribution is 2.33. The molecule has 1 saturated heterocycles. The van der Waals surface area contributed by atoms with Gasteiger partial charge in [-0.05, 0) is 12.1 Å². The highest BCUT2D eigenvalue weighted by Gasteiger charge is 2.24. The minimum atomic E-state index is -0.685. The Morgan fingerprint density at radius 2 is 2.26 bits per heavy atom. The number of fused-ring (bicyclic) bond motifs is 1. The minimum absolute atomic E-state index is 0.0173. The lowest BCUT2D eigenvalue weighted by molar-refractivity contribution is -0.120. The molecule has 1 aromatic rings. The number of amides is 3. The average Bonchev–Trinajstić information content (AvgIpc) is 2.76. The number of likely N-dealkylation sites (N-methyl/N-ethyl adjacent to an activating group) is 1. The van der Waals surface area contributed by atoms with Gasteiger partial charge in [-0.2, -0.15) is 0 Å². The molecule has 1 fully saturated rings. The molecule has 2 aliphatic heterocycles. The Morgan fingerprint density at radius 3 is 3.09 bits per heavy atom. The van der Waals surface area contributed by atoms with Gasteiger partial charge in [0.1, 0.15) is 5.75 Å². The van der Waals surface area contributed by atoms with Gasteiger partial charge in [-0.1, -0.05) is 0 Å². The van der Waals surface area contributed by atoms with Crippen LogP contribution in [0.1, 0.15) is 0 Å². The summed E-state index contributed by atoms with van der Waals surface area (Å²) in [4.78, 5) is 26.9. The number of rotatable bonds is 1. The number of carbonyl (C=O) groups is 2. The molecule has 1 aromatic carbocycles. The first-order chi connectivity index (χ1) is 11.0. The monoisotopic (exact) mass is 321 g/mol. The molecule has 2 aliphatic rings. The number of anilines is 2. The van der Waals surface area contributed by atoms with Crippen molar-refractivity contribution in [2.45, 2.75) is 6.10 Å². The molecule has 0 unspecified atom stereocenters. The lowest BCUT2D eigenvalue weighted by Crippen LogP contribution is -2.40. The van der Waals surface area contributed by atoms with Gasteiger partial charge in [-0.25, -0.2) is 4.79 Å². The van der Waals surface area contributed by atoms with E-state index in [9.17, 15) is 14.7 Å². The smallest absolute Gasteiger partial charge is 0.322 e. The molecule has 8 nitrogen and oxygen atoms in total. The molecule has 1 atom stereocenters. The minimum Gasteiger partial charge on any atom is -0.481 e. The zero-order chi connectivity index (χ0) is 16.4. The number of aliphatic hydroxyl groups excluding tert-OH is 1. The quantitative estimate of drug-likeness (QED) is 0.774. The van der Waals surface area contributed by atoms with E-state index < -0.39 is 6.10 Å². The molecule has 0 bridgehead atoms. The van der Waals surface area contributed by atoms with E-state index in [2.05, 4.69) is 5.32 Å². The normalized spacial score (nSPS) is 21.3. The Hall–Kier alpha value is -2.32. The summed E-state index contributed by atoms with van der Waals surface area (Å²) in [5.74, 6) is 0.428. The number of nitrogens with zero attached hydrogens (tertiary/aromatic N) is 2. The van der Waals surface area contributed by atoms with E-state index in [1.807, 2.05) is 0 Å². The van der Waals surface area contributed by atoms with Crippen LogP contribution in [0, 0.1) is 0 Å². The largest absolute Gasteiger partial charge is 0.481 e. The van der Waals surface area contributed by atoms with Crippen LogP contribution in [0.15, 0.2) is 18.2 Å². The fourth-order valence-electron chi connectivity index (χ4n) is 2.53. The summed E-state index contributed by atoms with van der Waals surface area (Å²) in [5, 5.41) is 12.5. The second-order valence-electron chi connectivity index (χ2n) is 5.53. The lowest BCUT2D eigenvalue weighted by Gasteiger charge is -2.27. The predicted molar refractivity (Wildman–Crippen MR) is 82.8 cm³/mol. The van der Waals surface area contributed by atoms with Crippen LogP contribution in [0.5, 0.6) is 5.75 Å². The molecule has 23 heavy (non-hydrogen) atoms. The molecule has 0 aromatic heterocycles. The molecule has 2 heterocycles. The molecule has 2 N–H and O–H groups in total. The lowest BCUT2D eigenvalue weighted by atomic mass is 10.2. The van der Waals surface area contributed by atoms with Crippen LogP contribution in [0.25, 0.3) is 0 Å². The summed E-state index contributed by atoms with van der Waals surface area (Å²) in [7, 11) is 1.68. The molecule has 8 heteroatoms. The van der Waals surface area contributed by atoms with Gasteiger partial charge >= 0.3 is 6.03 Å². The van der Waals surface area contributed by atoms with Crippen LogP contribution < -0.4 is 15.0 Å². The third-order valence-electron chi connectivity index (χ3n) is 3.83. The van der Waals surface area contributed by atoms with Crippen molar-refractivity contribution in [2.24, 2.45) is 0 Å². The number of β-amino-alcohol motifs (C(OH)–C–C–N with tert-alkyl or cyclic N) is 1.